The molecule has 0 bridgehead atoms. The number of nitrogens with one attached hydrogen (secondary N) is 1. The van der Waals surface area contributed by atoms with Gasteiger partial charge < -0.3 is 44.7 Å². The predicted molar refractivity (Wildman–Crippen MR) is 241 cm³/mol. The van der Waals surface area contributed by atoms with Crippen LogP contribution in [-0.2, 0) is 28.5 Å². The molecule has 2 aromatic carbocycles. The number of hydrogen-bond donors (Lipinski definition) is 2. The number of rotatable bonds is 22. The summed E-state index contributed by atoms with van der Waals surface area (Å²) < 4.78 is 21.9. The first-order valence-corrected chi connectivity index (χ1v) is 22.0. The third kappa shape index (κ3) is 15.1. The number of esters is 1. The lowest BCUT2D eigenvalue weighted by Crippen LogP contribution is -2.47. The Hall–Kier alpha value is -5.42. The highest BCUT2D eigenvalue weighted by atomic mass is 16.6. The molecule has 63 heavy (non-hydrogen) atoms. The van der Waals surface area contributed by atoms with Gasteiger partial charge in [-0.3, -0.25) is 33.9 Å². The van der Waals surface area contributed by atoms with Crippen LogP contribution in [0.3, 0.4) is 0 Å². The van der Waals surface area contributed by atoms with Gasteiger partial charge in [-0.15, -0.1) is 0 Å². The number of piperidine rings is 1. The predicted octanol–water partition coefficient (Wildman–Crippen LogP) is 4.87. The largest absolute Gasteiger partial charge is 0.460 e. The van der Waals surface area contributed by atoms with Crippen LogP contribution in [-0.4, -0.2) is 154 Å². The first kappa shape index (κ1) is 48.6. The highest BCUT2D eigenvalue weighted by molar-refractivity contribution is 6.08. The number of likely N-dealkylation sites (N-methyl/N-ethyl adjacent to an activating group) is 2. The number of hydrogen-bond acceptors (Lipinski definition) is 12. The number of carbonyl (C=O) groups is 5. The first-order valence-electron chi connectivity index (χ1n) is 22.0. The van der Waals surface area contributed by atoms with E-state index in [1.54, 1.807) is 60.3 Å². The maximum absolute atomic E-state index is 13.8. The molecular formula is C47H65N7O9. The maximum atomic E-state index is 13.8. The van der Waals surface area contributed by atoms with Crippen LogP contribution in [0.15, 0.2) is 60.8 Å². The monoisotopic (exact) mass is 871 g/mol. The molecule has 4 amide bonds. The molecule has 3 N–H and O–H groups in total. The highest BCUT2D eigenvalue weighted by Crippen LogP contribution is 2.33. The van der Waals surface area contributed by atoms with Crippen molar-refractivity contribution < 1.29 is 42.9 Å². The van der Waals surface area contributed by atoms with Crippen LogP contribution in [0.5, 0.6) is 0 Å². The molecular weight excluding hydrogens is 807 g/mol. The Bertz CT molecular complexity index is 2020. The summed E-state index contributed by atoms with van der Waals surface area (Å²) in [6.07, 6.45) is 6.72. The van der Waals surface area contributed by atoms with E-state index in [-0.39, 0.29) is 36.9 Å². The summed E-state index contributed by atoms with van der Waals surface area (Å²) in [5.74, 6) is -1.49. The third-order valence-electron chi connectivity index (χ3n) is 10.9. The molecule has 16 heteroatoms. The third-order valence-corrected chi connectivity index (χ3v) is 10.9. The number of aromatic nitrogens is 1. The highest BCUT2D eigenvalue weighted by Gasteiger charge is 2.33. The summed E-state index contributed by atoms with van der Waals surface area (Å²) in [5.41, 5.74) is 8.71. The number of pyridine rings is 1. The van der Waals surface area contributed by atoms with Crippen LogP contribution in [0.4, 0.5) is 11.4 Å². The van der Waals surface area contributed by atoms with Crippen molar-refractivity contribution in [2.75, 3.05) is 103 Å². The van der Waals surface area contributed by atoms with Gasteiger partial charge >= 0.3 is 5.97 Å². The van der Waals surface area contributed by atoms with E-state index in [2.05, 4.69) is 20.1 Å². The van der Waals surface area contributed by atoms with E-state index in [1.807, 2.05) is 39.0 Å². The Morgan fingerprint density at radius 2 is 1.48 bits per heavy atom. The van der Waals surface area contributed by atoms with Crippen molar-refractivity contribution in [3.63, 3.8) is 0 Å². The molecule has 2 aliphatic rings. The van der Waals surface area contributed by atoms with Gasteiger partial charge in [0.05, 0.1) is 63.5 Å². The van der Waals surface area contributed by atoms with Crippen molar-refractivity contribution in [1.29, 1.82) is 0 Å². The molecule has 1 aromatic heterocycles. The van der Waals surface area contributed by atoms with Gasteiger partial charge in [-0.05, 0) is 108 Å². The molecule has 0 saturated carbocycles. The lowest BCUT2D eigenvalue weighted by Gasteiger charge is -2.29. The Morgan fingerprint density at radius 1 is 0.778 bits per heavy atom. The smallest absolute Gasteiger partial charge is 0.308 e. The number of ether oxygens (including phenoxy) is 4. The standard InChI is InChI=1S/C47H65N7O9/c1-47(2,3)63-42(55)17-25-60-27-29-62-30-28-61-26-24-52(5)46(59)41-13-10-21-54(41)23-22-51(4)45(58)36-12-9-11-35(31-36)44(57)50-39-15-14-37(53-19-7-6-8-20-53)33-38(39)40-32-34(43(48)56)16-18-49-40/h9,11-12,14-16,18,31-33,41H,6-8,10,13,17,19-30H2,1-5H3,(H2,48,56)(H,50,57). The van der Waals surface area contributed by atoms with Gasteiger partial charge in [0.25, 0.3) is 11.8 Å². The second-order valence-corrected chi connectivity index (χ2v) is 17.0. The minimum Gasteiger partial charge on any atom is -0.460 e. The van der Waals surface area contributed by atoms with Gasteiger partial charge in [0.1, 0.15) is 5.60 Å². The number of benzene rings is 2. The lowest BCUT2D eigenvalue weighted by molar-refractivity contribution is -0.156. The Labute approximate surface area is 371 Å². The number of amides is 4. The molecule has 2 aliphatic heterocycles. The molecule has 0 radical (unpaired) electrons. The summed E-state index contributed by atoms with van der Waals surface area (Å²) in [7, 11) is 3.49. The quantitative estimate of drug-likeness (QED) is 0.103. The molecule has 1 unspecified atom stereocenters. The molecule has 5 rings (SSSR count). The molecule has 2 fully saturated rings. The molecule has 3 heterocycles. The number of likely N-dealkylation sites (tertiary alicyclic amines) is 1. The molecule has 16 nitrogen and oxygen atoms in total. The Kier molecular flexibility index (Phi) is 18.4. The van der Waals surface area contributed by atoms with Crippen molar-refractivity contribution in [3.8, 4) is 11.3 Å². The average molecular weight is 872 g/mol. The van der Waals surface area contributed by atoms with E-state index < -0.39 is 17.4 Å². The zero-order valence-corrected chi connectivity index (χ0v) is 37.6. The second kappa shape index (κ2) is 23.9. The fourth-order valence-electron chi connectivity index (χ4n) is 7.55. The molecule has 342 valence electrons. The van der Waals surface area contributed by atoms with Crippen molar-refractivity contribution in [2.24, 2.45) is 5.73 Å². The zero-order valence-electron chi connectivity index (χ0n) is 37.6. The van der Waals surface area contributed by atoms with Gasteiger partial charge in [0.2, 0.25) is 11.8 Å². The van der Waals surface area contributed by atoms with E-state index in [1.165, 1.54) is 12.6 Å². The number of nitrogens with zero attached hydrogens (tertiary/aromatic N) is 5. The maximum Gasteiger partial charge on any atom is 0.308 e. The first-order chi connectivity index (χ1) is 30.2. The van der Waals surface area contributed by atoms with Crippen LogP contribution < -0.4 is 16.0 Å². The summed E-state index contributed by atoms with van der Waals surface area (Å²) >= 11 is 0. The summed E-state index contributed by atoms with van der Waals surface area (Å²) in [4.78, 5) is 76.8. The fourth-order valence-corrected chi connectivity index (χ4v) is 7.55. The summed E-state index contributed by atoms with van der Waals surface area (Å²) in [6.45, 7) is 11.6. The van der Waals surface area contributed by atoms with Gasteiger partial charge in [-0.1, -0.05) is 6.07 Å². The van der Waals surface area contributed by atoms with Gasteiger partial charge in [0, 0.05) is 81.0 Å². The van der Waals surface area contributed by atoms with Crippen LogP contribution in [0.2, 0.25) is 0 Å². The van der Waals surface area contributed by atoms with Gasteiger partial charge in [-0.2, -0.15) is 0 Å². The van der Waals surface area contributed by atoms with E-state index >= 15 is 0 Å². The van der Waals surface area contributed by atoms with E-state index in [4.69, 9.17) is 24.7 Å². The molecule has 0 spiro atoms. The van der Waals surface area contributed by atoms with E-state index in [0.717, 1.165) is 51.0 Å². The number of anilines is 2. The Balaban J connectivity index is 1.07. The zero-order chi connectivity index (χ0) is 45.4. The van der Waals surface area contributed by atoms with Crippen LogP contribution in [0, 0.1) is 0 Å². The molecule has 1 atom stereocenters. The van der Waals surface area contributed by atoms with Gasteiger partial charge in [-0.25, -0.2) is 0 Å². The minimum absolute atomic E-state index is 0.0178. The van der Waals surface area contributed by atoms with Crippen LogP contribution in [0.25, 0.3) is 11.3 Å². The van der Waals surface area contributed by atoms with Crippen LogP contribution >= 0.6 is 0 Å². The van der Waals surface area contributed by atoms with Crippen molar-refractivity contribution in [1.82, 2.24) is 19.7 Å². The molecule has 3 aromatic rings. The SMILES string of the molecule is CN(CCN1CCCC1C(=O)N(C)CCOCCOCCOCCC(=O)OC(C)(C)C)C(=O)c1cccc(C(=O)Nc2ccc(N3CCCCC3)cc2-c2cc(C(N)=O)ccn2)c1. The average Bonchev–Trinajstić information content (AvgIpc) is 3.75. The van der Waals surface area contributed by atoms with Crippen LogP contribution in [0.1, 0.15) is 90.4 Å². The molecule has 2 saturated heterocycles. The van der Waals surface area contributed by atoms with Gasteiger partial charge in [0.15, 0.2) is 0 Å². The minimum atomic E-state index is -0.573. The number of nitrogens with two attached hydrogens (primary N) is 1. The van der Waals surface area contributed by atoms with E-state index in [9.17, 15) is 24.0 Å². The van der Waals surface area contributed by atoms with Crippen molar-refractivity contribution >= 4 is 41.0 Å². The number of primary amides is 1. The lowest BCUT2D eigenvalue weighted by atomic mass is 10.0. The number of carbonyl (C=O) groups excluding carboxylic acids is 5. The topological polar surface area (TPSA) is 186 Å². The second-order valence-electron chi connectivity index (χ2n) is 17.0. The Morgan fingerprint density at radius 3 is 2.19 bits per heavy atom. The summed E-state index contributed by atoms with van der Waals surface area (Å²) in [5, 5.41) is 3.02. The normalized spacial score (nSPS) is 15.5. The van der Waals surface area contributed by atoms with E-state index in [0.29, 0.717) is 86.3 Å². The molecule has 0 aliphatic carbocycles. The van der Waals surface area contributed by atoms with Crippen molar-refractivity contribution in [2.45, 2.75) is 70.9 Å². The van der Waals surface area contributed by atoms with Crippen molar-refractivity contribution in [3.05, 3.63) is 77.5 Å². The summed E-state index contributed by atoms with van der Waals surface area (Å²) in [6, 6.07) is 15.3. The fraction of sp³-hybridized carbons (Fsp3) is 0.532.